The topological polar surface area (TPSA) is 99.7 Å². The second-order valence-corrected chi connectivity index (χ2v) is 9.19. The Labute approximate surface area is 175 Å². The summed E-state index contributed by atoms with van der Waals surface area (Å²) in [4.78, 5) is 11.2. The van der Waals surface area contributed by atoms with Crippen molar-refractivity contribution in [3.05, 3.63) is 83.6 Å². The lowest BCUT2D eigenvalue weighted by molar-refractivity contribution is -0.114. The number of carbonyl (C=O) groups is 1. The van der Waals surface area contributed by atoms with E-state index in [2.05, 4.69) is 20.6 Å². The number of nitrogens with zero attached hydrogens (tertiary/aromatic N) is 1. The van der Waals surface area contributed by atoms with Crippen molar-refractivity contribution >= 4 is 27.3 Å². The van der Waals surface area contributed by atoms with Gasteiger partial charge in [-0.15, -0.1) is 0 Å². The number of amides is 1. The van der Waals surface area contributed by atoms with Crippen LogP contribution in [0.3, 0.4) is 0 Å². The minimum absolute atomic E-state index is 0.116. The van der Waals surface area contributed by atoms with E-state index in [0.29, 0.717) is 17.8 Å². The van der Waals surface area contributed by atoms with Crippen LogP contribution in [0.15, 0.2) is 88.0 Å². The highest BCUT2D eigenvalue weighted by molar-refractivity contribution is 7.89. The molecule has 1 unspecified atom stereocenters. The Kier molecular flexibility index (Phi) is 4.95. The first-order valence-electron chi connectivity index (χ1n) is 9.50. The molecule has 0 spiro atoms. The van der Waals surface area contributed by atoms with Crippen molar-refractivity contribution in [1.82, 2.24) is 10.1 Å². The van der Waals surface area contributed by atoms with Gasteiger partial charge in [0.05, 0.1) is 16.1 Å². The highest BCUT2D eigenvalue weighted by atomic mass is 32.2. The summed E-state index contributed by atoms with van der Waals surface area (Å²) in [6.07, 6.45) is 4.28. The number of sulfonamides is 1. The summed E-state index contributed by atoms with van der Waals surface area (Å²) in [6, 6.07) is 15.8. The van der Waals surface area contributed by atoms with Crippen molar-refractivity contribution in [2.45, 2.75) is 30.7 Å². The van der Waals surface area contributed by atoms with Crippen LogP contribution in [0.1, 0.15) is 25.8 Å². The molecule has 1 aliphatic carbocycles. The average Bonchev–Trinajstić information content (AvgIpc) is 3.05. The van der Waals surface area contributed by atoms with E-state index in [1.165, 1.54) is 19.1 Å². The molecule has 1 heterocycles. The summed E-state index contributed by atoms with van der Waals surface area (Å²) in [5, 5.41) is 7.12. The molecule has 0 saturated carbocycles. The molecule has 154 valence electrons. The first kappa shape index (κ1) is 19.9. The van der Waals surface area contributed by atoms with Gasteiger partial charge in [-0.05, 0) is 43.7 Å². The van der Waals surface area contributed by atoms with Gasteiger partial charge in [0.25, 0.3) is 10.0 Å². The van der Waals surface area contributed by atoms with Crippen LogP contribution < -0.4 is 15.5 Å². The van der Waals surface area contributed by atoms with Gasteiger partial charge in [-0.2, -0.15) is 5.10 Å². The van der Waals surface area contributed by atoms with Gasteiger partial charge < -0.3 is 5.32 Å². The first-order chi connectivity index (χ1) is 14.3. The van der Waals surface area contributed by atoms with Crippen LogP contribution in [-0.4, -0.2) is 25.6 Å². The number of anilines is 1. The van der Waals surface area contributed by atoms with E-state index in [-0.39, 0.29) is 16.3 Å². The quantitative estimate of drug-likeness (QED) is 0.690. The molecule has 0 aromatic heterocycles. The van der Waals surface area contributed by atoms with Gasteiger partial charge in [0, 0.05) is 29.4 Å². The van der Waals surface area contributed by atoms with Gasteiger partial charge in [0.1, 0.15) is 0 Å². The van der Waals surface area contributed by atoms with Crippen molar-refractivity contribution in [3.8, 4) is 0 Å². The number of hydrogen-bond acceptors (Lipinski definition) is 5. The van der Waals surface area contributed by atoms with E-state index < -0.39 is 10.0 Å². The molecule has 1 atom stereocenters. The highest BCUT2D eigenvalue weighted by Gasteiger charge is 2.38. The summed E-state index contributed by atoms with van der Waals surface area (Å²) < 4.78 is 28.3. The Balaban J connectivity index is 1.58. The molecule has 8 heteroatoms. The molecule has 7 nitrogen and oxygen atoms in total. The largest absolute Gasteiger partial charge is 0.326 e. The molecule has 1 aliphatic heterocycles. The summed E-state index contributed by atoms with van der Waals surface area (Å²) in [6.45, 7) is 3.44. The molecule has 0 saturated heterocycles. The van der Waals surface area contributed by atoms with E-state index >= 15 is 0 Å². The summed E-state index contributed by atoms with van der Waals surface area (Å²) >= 11 is 0. The minimum atomic E-state index is -3.77. The Morgan fingerprint density at radius 3 is 2.47 bits per heavy atom. The average molecular weight is 423 g/mol. The first-order valence-corrected chi connectivity index (χ1v) is 11.0. The van der Waals surface area contributed by atoms with Crippen LogP contribution >= 0.6 is 0 Å². The summed E-state index contributed by atoms with van der Waals surface area (Å²) in [5.74, 6) is -0.216. The molecule has 0 bridgehead atoms. The fourth-order valence-electron chi connectivity index (χ4n) is 3.49. The van der Waals surface area contributed by atoms with Crippen molar-refractivity contribution in [2.75, 3.05) is 5.32 Å². The SMILES string of the molecule is CC(=O)Nc1ccc(S(=O)(=O)NC2=CCC3(C)NN=C(c4ccccc4)C3=C2)cc1. The number of hydrazone groups is 1. The number of hydrogen-bond donors (Lipinski definition) is 3. The lowest BCUT2D eigenvalue weighted by atomic mass is 9.81. The second-order valence-electron chi connectivity index (χ2n) is 7.50. The van der Waals surface area contributed by atoms with E-state index in [1.54, 1.807) is 12.1 Å². The zero-order chi connectivity index (χ0) is 21.4. The molecular weight excluding hydrogens is 400 g/mol. The Morgan fingerprint density at radius 1 is 1.10 bits per heavy atom. The molecular formula is C22H22N4O3S. The summed E-state index contributed by atoms with van der Waals surface area (Å²) in [5.41, 5.74) is 6.57. The van der Waals surface area contributed by atoms with Crippen molar-refractivity contribution in [2.24, 2.45) is 5.10 Å². The van der Waals surface area contributed by atoms with E-state index in [0.717, 1.165) is 16.8 Å². The van der Waals surface area contributed by atoms with Crippen LogP contribution in [0.2, 0.25) is 0 Å². The van der Waals surface area contributed by atoms with Gasteiger partial charge >= 0.3 is 0 Å². The third-order valence-electron chi connectivity index (χ3n) is 5.08. The maximum absolute atomic E-state index is 12.8. The number of rotatable bonds is 5. The predicted molar refractivity (Wildman–Crippen MR) is 116 cm³/mol. The molecule has 2 aromatic rings. The summed E-state index contributed by atoms with van der Waals surface area (Å²) in [7, 11) is -3.77. The Morgan fingerprint density at radius 2 is 1.80 bits per heavy atom. The van der Waals surface area contributed by atoms with Gasteiger partial charge in [-0.1, -0.05) is 36.4 Å². The van der Waals surface area contributed by atoms with E-state index in [4.69, 9.17) is 0 Å². The number of benzene rings is 2. The number of nitrogens with one attached hydrogen (secondary N) is 3. The Hall–Kier alpha value is -3.39. The van der Waals surface area contributed by atoms with E-state index in [9.17, 15) is 13.2 Å². The van der Waals surface area contributed by atoms with Gasteiger partial charge in [-0.25, -0.2) is 8.42 Å². The smallest absolute Gasteiger partial charge is 0.261 e. The fraction of sp³-hybridized carbons (Fsp3) is 0.182. The van der Waals surface area contributed by atoms with Gasteiger partial charge in [0.15, 0.2) is 0 Å². The monoisotopic (exact) mass is 422 g/mol. The third-order valence-corrected chi connectivity index (χ3v) is 6.48. The van der Waals surface area contributed by atoms with Crippen LogP contribution in [0.25, 0.3) is 0 Å². The molecule has 4 rings (SSSR count). The molecule has 2 aliphatic rings. The maximum Gasteiger partial charge on any atom is 0.261 e. The van der Waals surface area contributed by atoms with Crippen molar-refractivity contribution < 1.29 is 13.2 Å². The Bertz CT molecular complexity index is 1180. The third kappa shape index (κ3) is 3.86. The zero-order valence-corrected chi connectivity index (χ0v) is 17.5. The highest BCUT2D eigenvalue weighted by Crippen LogP contribution is 2.34. The molecule has 0 fully saturated rings. The lowest BCUT2D eigenvalue weighted by Gasteiger charge is -2.29. The number of carbonyl (C=O) groups excluding carboxylic acids is 1. The fourth-order valence-corrected chi connectivity index (χ4v) is 4.56. The van der Waals surface area contributed by atoms with Crippen molar-refractivity contribution in [1.29, 1.82) is 0 Å². The molecule has 1 amide bonds. The predicted octanol–water partition coefficient (Wildman–Crippen LogP) is 2.90. The number of fused-ring (bicyclic) bond motifs is 1. The van der Waals surface area contributed by atoms with Gasteiger partial charge in [0.2, 0.25) is 5.91 Å². The lowest BCUT2D eigenvalue weighted by Crippen LogP contribution is -2.39. The van der Waals surface area contributed by atoms with E-state index in [1.807, 2.05) is 49.4 Å². The van der Waals surface area contributed by atoms with Gasteiger partial charge in [-0.3, -0.25) is 14.9 Å². The maximum atomic E-state index is 12.8. The molecule has 2 aromatic carbocycles. The molecule has 30 heavy (non-hydrogen) atoms. The second kappa shape index (κ2) is 7.46. The molecule has 0 radical (unpaired) electrons. The number of allylic oxidation sites excluding steroid dienone is 1. The van der Waals surface area contributed by atoms with Crippen LogP contribution in [0.4, 0.5) is 5.69 Å². The minimum Gasteiger partial charge on any atom is -0.326 e. The van der Waals surface area contributed by atoms with Crippen molar-refractivity contribution in [3.63, 3.8) is 0 Å². The van der Waals surface area contributed by atoms with Crippen LogP contribution in [0, 0.1) is 0 Å². The zero-order valence-electron chi connectivity index (χ0n) is 16.6. The normalized spacial score (nSPS) is 20.3. The van der Waals surface area contributed by atoms with Crippen LogP contribution in [0.5, 0.6) is 0 Å². The standard InChI is InChI=1S/C22H22N4O3S/c1-15(27)23-17-8-10-19(11-9-17)30(28,29)25-18-12-13-22(2)20(14-18)21(24-26-22)16-6-4-3-5-7-16/h3-12,14,25-26H,13H2,1-2H3,(H,23,27). The molecule has 3 N–H and O–H groups in total. The van der Waals surface area contributed by atoms with Crippen LogP contribution in [-0.2, 0) is 14.8 Å².